The Kier molecular flexibility index (Phi) is 9.49. The molecule has 2 aliphatic rings. The maximum atomic E-state index is 13.8. The maximum absolute atomic E-state index is 13.8. The van der Waals surface area contributed by atoms with Crippen molar-refractivity contribution >= 4 is 16.7 Å². The zero-order chi connectivity index (χ0) is 32.4. The number of fused-ring (bicyclic) bond motifs is 1. The number of morpholine rings is 1. The summed E-state index contributed by atoms with van der Waals surface area (Å²) >= 11 is 0. The summed E-state index contributed by atoms with van der Waals surface area (Å²) in [6.07, 6.45) is -9.73. The summed E-state index contributed by atoms with van der Waals surface area (Å²) in [4.78, 5) is 19.5. The van der Waals surface area contributed by atoms with Crippen LogP contribution >= 0.6 is 0 Å². The van der Waals surface area contributed by atoms with E-state index < -0.39 is 41.0 Å². The van der Waals surface area contributed by atoms with Crippen molar-refractivity contribution in [1.29, 1.82) is 0 Å². The highest BCUT2D eigenvalue weighted by atomic mass is 19.4. The molecule has 45 heavy (non-hydrogen) atoms. The SMILES string of the molecule is CC1(C)COCCN1CC#CCN1CCN(C(=O)c2cc(C(F)(F)F)cc(C(F)(F)F)c2)[C@H](Cc2cccc3ccccc23)C1. The number of alkyl halides is 6. The van der Waals surface area contributed by atoms with Crippen LogP contribution in [0.1, 0.15) is 40.9 Å². The number of hydrogen-bond donors (Lipinski definition) is 0. The zero-order valence-electron chi connectivity index (χ0n) is 25.1. The van der Waals surface area contributed by atoms with Crippen LogP contribution in [0.2, 0.25) is 0 Å². The summed E-state index contributed by atoms with van der Waals surface area (Å²) in [6.45, 7) is 8.10. The van der Waals surface area contributed by atoms with Gasteiger partial charge in [-0.2, -0.15) is 26.3 Å². The number of amides is 1. The third-order valence-electron chi connectivity index (χ3n) is 8.51. The van der Waals surface area contributed by atoms with Crippen LogP contribution in [-0.2, 0) is 23.5 Å². The minimum atomic E-state index is -5.05. The van der Waals surface area contributed by atoms with Gasteiger partial charge in [-0.3, -0.25) is 14.6 Å². The molecule has 2 aliphatic heterocycles. The average molecular weight is 632 g/mol. The summed E-state index contributed by atoms with van der Waals surface area (Å²) < 4.78 is 87.1. The molecule has 0 radical (unpaired) electrons. The summed E-state index contributed by atoms with van der Waals surface area (Å²) in [7, 11) is 0. The van der Waals surface area contributed by atoms with Gasteiger partial charge in [0.05, 0.1) is 37.4 Å². The highest BCUT2D eigenvalue weighted by Gasteiger charge is 2.39. The molecular weight excluding hydrogens is 596 g/mol. The van der Waals surface area contributed by atoms with E-state index in [9.17, 15) is 31.1 Å². The van der Waals surface area contributed by atoms with Crippen molar-refractivity contribution in [2.24, 2.45) is 0 Å². The van der Waals surface area contributed by atoms with Crippen LogP contribution in [0.3, 0.4) is 0 Å². The van der Waals surface area contributed by atoms with Crippen LogP contribution in [0.5, 0.6) is 0 Å². The molecule has 0 aliphatic carbocycles. The number of piperazine rings is 1. The molecule has 3 aromatic carbocycles. The van der Waals surface area contributed by atoms with Crippen molar-refractivity contribution in [2.75, 3.05) is 52.5 Å². The third kappa shape index (κ3) is 7.80. The molecule has 0 N–H and O–H groups in total. The molecular formula is C34H35F6N3O2. The Morgan fingerprint density at radius 2 is 1.56 bits per heavy atom. The first-order chi connectivity index (χ1) is 21.2. The van der Waals surface area contributed by atoms with Gasteiger partial charge < -0.3 is 9.64 Å². The lowest BCUT2D eigenvalue weighted by atomic mass is 9.95. The van der Waals surface area contributed by atoms with Gasteiger partial charge in [-0.25, -0.2) is 0 Å². The third-order valence-corrected chi connectivity index (χ3v) is 8.51. The maximum Gasteiger partial charge on any atom is 0.416 e. The Labute approximate surface area is 258 Å². The lowest BCUT2D eigenvalue weighted by molar-refractivity contribution is -0.143. The predicted molar refractivity (Wildman–Crippen MR) is 160 cm³/mol. The number of hydrogen-bond acceptors (Lipinski definition) is 4. The first-order valence-electron chi connectivity index (χ1n) is 14.8. The van der Waals surface area contributed by atoms with Crippen molar-refractivity contribution in [2.45, 2.75) is 44.2 Å². The Morgan fingerprint density at radius 1 is 0.889 bits per heavy atom. The molecule has 0 unspecified atom stereocenters. The monoisotopic (exact) mass is 631 g/mol. The Bertz CT molecular complexity index is 1550. The smallest absolute Gasteiger partial charge is 0.378 e. The molecule has 0 saturated carbocycles. The molecule has 0 bridgehead atoms. The molecule has 3 aromatic rings. The summed E-state index contributed by atoms with van der Waals surface area (Å²) in [5.74, 6) is 5.59. The molecule has 2 saturated heterocycles. The van der Waals surface area contributed by atoms with Gasteiger partial charge in [0.15, 0.2) is 0 Å². The van der Waals surface area contributed by atoms with Crippen LogP contribution in [0, 0.1) is 11.8 Å². The lowest BCUT2D eigenvalue weighted by Crippen LogP contribution is -2.56. The van der Waals surface area contributed by atoms with Crippen LogP contribution in [-0.4, -0.2) is 84.7 Å². The number of halogens is 6. The van der Waals surface area contributed by atoms with Crippen molar-refractivity contribution in [3.63, 3.8) is 0 Å². The molecule has 2 fully saturated rings. The molecule has 240 valence electrons. The van der Waals surface area contributed by atoms with E-state index in [2.05, 4.69) is 35.5 Å². The van der Waals surface area contributed by atoms with Crippen molar-refractivity contribution in [3.8, 4) is 11.8 Å². The van der Waals surface area contributed by atoms with Crippen LogP contribution in [0.4, 0.5) is 26.3 Å². The standard InChI is InChI=1S/C34H35F6N3O2/c1-32(2)23-45-17-16-42(32)13-6-5-12-41-14-15-43(29(22-41)20-25-10-7-9-24-8-3-4-11-30(24)25)31(44)26-18-27(33(35,36)37)21-28(19-26)34(38,39)40/h3-4,7-11,18-19,21,29H,12-17,20,22-23H2,1-2H3/t29-/m1/s1. The first kappa shape index (κ1) is 32.8. The normalized spacial score (nSPS) is 19.7. The fraction of sp³-hybridized carbons (Fsp3) is 0.441. The molecule has 0 spiro atoms. The number of nitrogens with zero attached hydrogens (tertiary/aromatic N) is 3. The molecule has 2 heterocycles. The van der Waals surface area contributed by atoms with Crippen molar-refractivity contribution in [3.05, 3.63) is 82.9 Å². The van der Waals surface area contributed by atoms with E-state index in [1.807, 2.05) is 42.5 Å². The van der Waals surface area contributed by atoms with E-state index in [4.69, 9.17) is 4.74 Å². The Morgan fingerprint density at radius 3 is 2.24 bits per heavy atom. The highest BCUT2D eigenvalue weighted by molar-refractivity contribution is 5.95. The van der Waals surface area contributed by atoms with Gasteiger partial charge in [0, 0.05) is 43.3 Å². The van der Waals surface area contributed by atoms with Gasteiger partial charge in [0.25, 0.3) is 5.91 Å². The Hall–Kier alpha value is -3.59. The minimum Gasteiger partial charge on any atom is -0.378 e. The second kappa shape index (κ2) is 13.0. The molecule has 0 aromatic heterocycles. The van der Waals surface area contributed by atoms with E-state index in [0.29, 0.717) is 57.9 Å². The van der Waals surface area contributed by atoms with Crippen LogP contribution < -0.4 is 0 Å². The number of carbonyl (C=O) groups is 1. The fourth-order valence-corrected chi connectivity index (χ4v) is 5.98. The largest absolute Gasteiger partial charge is 0.416 e. The molecule has 1 amide bonds. The minimum absolute atomic E-state index is 0.0407. The quantitative estimate of drug-likeness (QED) is 0.243. The number of carbonyl (C=O) groups excluding carboxylic acids is 1. The molecule has 5 nitrogen and oxygen atoms in total. The van der Waals surface area contributed by atoms with E-state index in [1.165, 1.54) is 4.90 Å². The van der Waals surface area contributed by atoms with Gasteiger partial charge in [0.1, 0.15) is 0 Å². The van der Waals surface area contributed by atoms with E-state index >= 15 is 0 Å². The number of rotatable bonds is 5. The highest BCUT2D eigenvalue weighted by Crippen LogP contribution is 2.37. The van der Waals surface area contributed by atoms with Gasteiger partial charge in [-0.1, -0.05) is 54.3 Å². The molecule has 1 atom stereocenters. The van der Waals surface area contributed by atoms with Gasteiger partial charge in [-0.05, 0) is 54.8 Å². The van der Waals surface area contributed by atoms with Crippen molar-refractivity contribution in [1.82, 2.24) is 14.7 Å². The van der Waals surface area contributed by atoms with Crippen molar-refractivity contribution < 1.29 is 35.9 Å². The van der Waals surface area contributed by atoms with E-state index in [-0.39, 0.29) is 18.2 Å². The fourth-order valence-electron chi connectivity index (χ4n) is 5.98. The first-order valence-corrected chi connectivity index (χ1v) is 14.8. The van der Waals surface area contributed by atoms with E-state index in [1.54, 1.807) is 0 Å². The van der Waals surface area contributed by atoms with Gasteiger partial charge in [-0.15, -0.1) is 0 Å². The number of benzene rings is 3. The summed E-state index contributed by atoms with van der Waals surface area (Å²) in [6, 6.07) is 14.1. The van der Waals surface area contributed by atoms with Gasteiger partial charge >= 0.3 is 12.4 Å². The second-order valence-corrected chi connectivity index (χ2v) is 12.2. The summed E-state index contributed by atoms with van der Waals surface area (Å²) in [5.41, 5.74) is -2.86. The zero-order valence-corrected chi connectivity index (χ0v) is 25.1. The van der Waals surface area contributed by atoms with Crippen LogP contribution in [0.25, 0.3) is 10.8 Å². The lowest BCUT2D eigenvalue weighted by Gasteiger charge is -2.41. The molecule has 11 heteroatoms. The molecule has 5 rings (SSSR count). The van der Waals surface area contributed by atoms with Gasteiger partial charge in [0.2, 0.25) is 0 Å². The topological polar surface area (TPSA) is 36.0 Å². The second-order valence-electron chi connectivity index (χ2n) is 12.2. The average Bonchev–Trinajstić information content (AvgIpc) is 2.99. The van der Waals surface area contributed by atoms with Crippen LogP contribution in [0.15, 0.2) is 60.7 Å². The summed E-state index contributed by atoms with van der Waals surface area (Å²) in [5, 5.41) is 1.96. The predicted octanol–water partition coefficient (Wildman–Crippen LogP) is 6.36. The Balaban J connectivity index is 1.41. The number of ether oxygens (including phenoxy) is 1. The van der Waals surface area contributed by atoms with E-state index in [0.717, 1.165) is 22.9 Å².